The van der Waals surface area contributed by atoms with Crippen molar-refractivity contribution in [3.63, 3.8) is 0 Å². The van der Waals surface area contributed by atoms with Gasteiger partial charge in [-0.2, -0.15) is 0 Å². The van der Waals surface area contributed by atoms with Crippen LogP contribution >= 0.6 is 11.6 Å². The molecule has 0 saturated carbocycles. The molecule has 104 valence electrons. The number of hydrogen-bond donors (Lipinski definition) is 1. The Morgan fingerprint density at radius 2 is 2.16 bits per heavy atom. The molecule has 0 bridgehead atoms. The molecule has 1 N–H and O–H groups in total. The van der Waals surface area contributed by atoms with Gasteiger partial charge in [0.2, 0.25) is 0 Å². The number of carbonyl (C=O) groups is 1. The summed E-state index contributed by atoms with van der Waals surface area (Å²) in [6.07, 6.45) is -0.222. The van der Waals surface area contributed by atoms with Crippen LogP contribution in [0.25, 0.3) is 0 Å². The number of fused-ring (bicyclic) bond motifs is 1. The number of halogens is 1. The lowest BCUT2D eigenvalue weighted by atomic mass is 10.2. The highest BCUT2D eigenvalue weighted by molar-refractivity contribution is 7.91. The van der Waals surface area contributed by atoms with Crippen LogP contribution < -0.4 is 10.1 Å². The van der Waals surface area contributed by atoms with E-state index in [0.29, 0.717) is 23.7 Å². The van der Waals surface area contributed by atoms with Crippen LogP contribution in [0.5, 0.6) is 5.75 Å². The van der Waals surface area contributed by atoms with Gasteiger partial charge in [0.1, 0.15) is 5.75 Å². The van der Waals surface area contributed by atoms with Crippen molar-refractivity contribution < 1.29 is 17.9 Å². The van der Waals surface area contributed by atoms with Crippen molar-refractivity contribution in [1.82, 2.24) is 0 Å². The van der Waals surface area contributed by atoms with Crippen molar-refractivity contribution >= 4 is 33.0 Å². The monoisotopic (exact) mass is 303 g/mol. The van der Waals surface area contributed by atoms with Crippen LogP contribution in [0.1, 0.15) is 13.3 Å². The van der Waals surface area contributed by atoms with E-state index in [1.54, 1.807) is 13.0 Å². The van der Waals surface area contributed by atoms with Gasteiger partial charge in [-0.15, -0.1) is 11.6 Å². The highest BCUT2D eigenvalue weighted by atomic mass is 35.5. The summed E-state index contributed by atoms with van der Waals surface area (Å²) in [5.41, 5.74) is 0.380. The molecule has 1 aliphatic heterocycles. The Balaban J connectivity index is 2.34. The number of carbonyl (C=O) groups excluding carboxylic acids is 1. The van der Waals surface area contributed by atoms with Crippen LogP contribution in [0.15, 0.2) is 23.1 Å². The lowest BCUT2D eigenvalue weighted by Crippen LogP contribution is -2.37. The van der Waals surface area contributed by atoms with Gasteiger partial charge in [0.05, 0.1) is 16.3 Å². The van der Waals surface area contributed by atoms with Crippen LogP contribution in [0.2, 0.25) is 0 Å². The standard InChI is InChI=1S/C12H14ClNO4S/c1-2-19(16,17)8-3-4-10-9(7-8)14-12(15)11(18-10)5-6-13/h3-4,7,11H,2,5-6H2,1H3,(H,14,15)/t11-/m0/s1. The summed E-state index contributed by atoms with van der Waals surface area (Å²) in [4.78, 5) is 11.9. The average Bonchev–Trinajstić information content (AvgIpc) is 2.39. The topological polar surface area (TPSA) is 72.5 Å². The van der Waals surface area contributed by atoms with E-state index in [1.807, 2.05) is 0 Å². The zero-order valence-corrected chi connectivity index (χ0v) is 11.9. The molecular weight excluding hydrogens is 290 g/mol. The van der Waals surface area contributed by atoms with Gasteiger partial charge in [0, 0.05) is 12.3 Å². The summed E-state index contributed by atoms with van der Waals surface area (Å²) < 4.78 is 29.0. The largest absolute Gasteiger partial charge is 0.478 e. The fourth-order valence-corrected chi connectivity index (χ4v) is 2.88. The number of anilines is 1. The average molecular weight is 304 g/mol. The lowest BCUT2D eigenvalue weighted by molar-refractivity contribution is -0.123. The predicted molar refractivity (Wildman–Crippen MR) is 72.6 cm³/mol. The van der Waals surface area contributed by atoms with E-state index in [4.69, 9.17) is 16.3 Å². The molecule has 1 aliphatic rings. The maximum atomic E-state index is 11.8. The third-order valence-corrected chi connectivity index (χ3v) is 4.83. The molecule has 2 rings (SSSR count). The summed E-state index contributed by atoms with van der Waals surface area (Å²) in [5.74, 6) is 0.481. The van der Waals surface area contributed by atoms with Gasteiger partial charge in [0.15, 0.2) is 15.9 Å². The van der Waals surface area contributed by atoms with E-state index < -0.39 is 15.9 Å². The second-order valence-electron chi connectivity index (χ2n) is 4.13. The molecule has 1 aromatic carbocycles. The zero-order valence-electron chi connectivity index (χ0n) is 10.3. The van der Waals surface area contributed by atoms with E-state index in [0.717, 1.165) is 0 Å². The molecule has 19 heavy (non-hydrogen) atoms. The second-order valence-corrected chi connectivity index (χ2v) is 6.79. The van der Waals surface area contributed by atoms with Crippen molar-refractivity contribution in [2.45, 2.75) is 24.3 Å². The first kappa shape index (κ1) is 14.1. The molecule has 0 radical (unpaired) electrons. The Bertz CT molecular complexity index is 600. The smallest absolute Gasteiger partial charge is 0.265 e. The molecule has 0 aromatic heterocycles. The summed E-state index contributed by atoms with van der Waals surface area (Å²) in [7, 11) is -3.30. The summed E-state index contributed by atoms with van der Waals surface area (Å²) >= 11 is 5.59. The van der Waals surface area contributed by atoms with Crippen LogP contribution in [0.3, 0.4) is 0 Å². The van der Waals surface area contributed by atoms with E-state index in [-0.39, 0.29) is 16.6 Å². The number of sulfone groups is 1. The van der Waals surface area contributed by atoms with Crippen molar-refractivity contribution in [2.24, 2.45) is 0 Å². The lowest BCUT2D eigenvalue weighted by Gasteiger charge is -2.25. The first-order valence-electron chi connectivity index (χ1n) is 5.88. The van der Waals surface area contributed by atoms with Crippen LogP contribution in [0.4, 0.5) is 5.69 Å². The maximum absolute atomic E-state index is 11.8. The SMILES string of the molecule is CCS(=O)(=O)c1ccc2c(c1)NC(=O)[C@H](CCCl)O2. The van der Waals surface area contributed by atoms with Gasteiger partial charge in [-0.25, -0.2) is 8.42 Å². The molecule has 0 saturated heterocycles. The molecule has 1 amide bonds. The summed E-state index contributed by atoms with van der Waals surface area (Å²) in [5, 5.41) is 2.64. The van der Waals surface area contributed by atoms with Gasteiger partial charge < -0.3 is 10.1 Å². The Kier molecular flexibility index (Phi) is 4.01. The quantitative estimate of drug-likeness (QED) is 0.861. The third kappa shape index (κ3) is 2.84. The van der Waals surface area contributed by atoms with E-state index in [9.17, 15) is 13.2 Å². The predicted octanol–water partition coefficient (Wildman–Crippen LogP) is 1.81. The van der Waals surface area contributed by atoms with Crippen LogP contribution in [-0.2, 0) is 14.6 Å². The van der Waals surface area contributed by atoms with Crippen LogP contribution in [0, 0.1) is 0 Å². The van der Waals surface area contributed by atoms with E-state index >= 15 is 0 Å². The molecule has 7 heteroatoms. The molecule has 0 aliphatic carbocycles. The van der Waals surface area contributed by atoms with Gasteiger partial charge in [-0.1, -0.05) is 6.92 Å². The van der Waals surface area contributed by atoms with Crippen molar-refractivity contribution in [2.75, 3.05) is 16.9 Å². The Hall–Kier alpha value is -1.27. The van der Waals surface area contributed by atoms with Gasteiger partial charge in [-0.05, 0) is 18.2 Å². The molecule has 0 unspecified atom stereocenters. The van der Waals surface area contributed by atoms with Gasteiger partial charge >= 0.3 is 0 Å². The zero-order chi connectivity index (χ0) is 14.0. The van der Waals surface area contributed by atoms with Crippen molar-refractivity contribution in [1.29, 1.82) is 0 Å². The summed E-state index contributed by atoms with van der Waals surface area (Å²) in [6.45, 7) is 1.57. The Morgan fingerprint density at radius 1 is 1.42 bits per heavy atom. The normalized spacial score (nSPS) is 18.4. The number of alkyl halides is 1. The molecular formula is C12H14ClNO4S. The van der Waals surface area contributed by atoms with Crippen LogP contribution in [-0.4, -0.2) is 32.1 Å². The molecule has 5 nitrogen and oxygen atoms in total. The summed E-state index contributed by atoms with van der Waals surface area (Å²) in [6, 6.07) is 4.45. The Labute approximate surface area is 116 Å². The fourth-order valence-electron chi connectivity index (χ4n) is 1.78. The van der Waals surface area contributed by atoms with E-state index in [1.165, 1.54) is 12.1 Å². The minimum Gasteiger partial charge on any atom is -0.478 e. The number of ether oxygens (including phenoxy) is 1. The first-order valence-corrected chi connectivity index (χ1v) is 8.07. The maximum Gasteiger partial charge on any atom is 0.265 e. The Morgan fingerprint density at radius 3 is 2.79 bits per heavy atom. The molecule has 1 atom stereocenters. The number of nitrogens with one attached hydrogen (secondary N) is 1. The van der Waals surface area contributed by atoms with E-state index in [2.05, 4.69) is 5.32 Å². The third-order valence-electron chi connectivity index (χ3n) is 2.88. The van der Waals surface area contributed by atoms with Gasteiger partial charge in [0.25, 0.3) is 5.91 Å². The number of hydrogen-bond acceptors (Lipinski definition) is 4. The fraction of sp³-hybridized carbons (Fsp3) is 0.417. The molecule has 0 spiro atoms. The number of amides is 1. The molecule has 0 fully saturated rings. The number of rotatable bonds is 4. The second kappa shape index (κ2) is 5.38. The molecule has 1 heterocycles. The highest BCUT2D eigenvalue weighted by Crippen LogP contribution is 2.32. The van der Waals surface area contributed by atoms with Crippen molar-refractivity contribution in [3.05, 3.63) is 18.2 Å². The molecule has 1 aromatic rings. The first-order chi connectivity index (χ1) is 8.97. The minimum atomic E-state index is -3.30. The van der Waals surface area contributed by atoms with Gasteiger partial charge in [-0.3, -0.25) is 4.79 Å². The minimum absolute atomic E-state index is 0.00939. The van der Waals surface area contributed by atoms with Crippen molar-refractivity contribution in [3.8, 4) is 5.75 Å². The highest BCUT2D eigenvalue weighted by Gasteiger charge is 2.28. The number of benzene rings is 1.